The standard InChI is InChI=1S/C19H11Cl3N2O4S2/c1-9-6-11(23-30(27,28)15-8-16(21)29-17(15)22)3-5-14(9)24-18(25)12-4-2-10(20)7-13(12)19(24)26/h2-8,23H,1H3. The molecule has 0 fully saturated rings. The number of carbonyl (C=O) groups excluding carboxylic acids is 2. The van der Waals surface area contributed by atoms with E-state index in [4.69, 9.17) is 34.8 Å². The van der Waals surface area contributed by atoms with E-state index < -0.39 is 21.8 Å². The number of rotatable bonds is 4. The molecular weight excluding hydrogens is 491 g/mol. The van der Waals surface area contributed by atoms with Crippen LogP contribution in [0.2, 0.25) is 13.7 Å². The van der Waals surface area contributed by atoms with Crippen LogP contribution in [0, 0.1) is 6.92 Å². The van der Waals surface area contributed by atoms with Crippen molar-refractivity contribution in [2.24, 2.45) is 0 Å². The molecule has 11 heteroatoms. The number of halogens is 3. The lowest BCUT2D eigenvalue weighted by Crippen LogP contribution is -2.30. The Balaban J connectivity index is 1.66. The summed E-state index contributed by atoms with van der Waals surface area (Å²) in [6.45, 7) is 1.66. The molecule has 1 aliphatic rings. The quantitative estimate of drug-likeness (QED) is 0.470. The summed E-state index contributed by atoms with van der Waals surface area (Å²) in [5, 5.41) is 0.352. The highest BCUT2D eigenvalue weighted by atomic mass is 35.5. The van der Waals surface area contributed by atoms with E-state index in [0.717, 1.165) is 16.2 Å². The van der Waals surface area contributed by atoms with Gasteiger partial charge in [-0.05, 0) is 55.0 Å². The highest BCUT2D eigenvalue weighted by Crippen LogP contribution is 2.36. The summed E-state index contributed by atoms with van der Waals surface area (Å²) in [6.07, 6.45) is 0. The smallest absolute Gasteiger partial charge is 0.266 e. The van der Waals surface area contributed by atoms with Crippen molar-refractivity contribution >= 4 is 79.4 Å². The zero-order valence-electron chi connectivity index (χ0n) is 15.1. The third kappa shape index (κ3) is 3.59. The molecule has 0 saturated carbocycles. The molecule has 6 nitrogen and oxygen atoms in total. The number of nitrogens with zero attached hydrogens (tertiary/aromatic N) is 1. The molecule has 0 radical (unpaired) electrons. The number of amides is 2. The van der Waals surface area contributed by atoms with Crippen molar-refractivity contribution in [3.63, 3.8) is 0 Å². The molecule has 3 aromatic rings. The van der Waals surface area contributed by atoms with Crippen LogP contribution in [0.15, 0.2) is 47.4 Å². The summed E-state index contributed by atoms with van der Waals surface area (Å²) in [4.78, 5) is 26.4. The third-order valence-electron chi connectivity index (χ3n) is 4.45. The number of imide groups is 1. The summed E-state index contributed by atoms with van der Waals surface area (Å²) < 4.78 is 27.9. The van der Waals surface area contributed by atoms with Gasteiger partial charge in [-0.15, -0.1) is 11.3 Å². The molecule has 2 aromatic carbocycles. The number of anilines is 2. The SMILES string of the molecule is Cc1cc(NS(=O)(=O)c2cc(Cl)sc2Cl)ccc1N1C(=O)c2ccc(Cl)cc2C1=O. The second kappa shape index (κ2) is 7.55. The molecule has 4 rings (SSSR count). The van der Waals surface area contributed by atoms with Gasteiger partial charge in [-0.3, -0.25) is 14.3 Å². The molecule has 0 atom stereocenters. The summed E-state index contributed by atoms with van der Waals surface area (Å²) in [7, 11) is -3.96. The van der Waals surface area contributed by atoms with Gasteiger partial charge in [0.25, 0.3) is 21.8 Å². The first-order valence-electron chi connectivity index (χ1n) is 8.35. The van der Waals surface area contributed by atoms with Crippen molar-refractivity contribution < 1.29 is 18.0 Å². The number of hydrogen-bond acceptors (Lipinski definition) is 5. The fourth-order valence-electron chi connectivity index (χ4n) is 3.12. The number of thiophene rings is 1. The zero-order valence-corrected chi connectivity index (χ0v) is 19.0. The Kier molecular flexibility index (Phi) is 5.32. The van der Waals surface area contributed by atoms with E-state index in [1.807, 2.05) is 0 Å². The lowest BCUT2D eigenvalue weighted by molar-refractivity contribution is 0.0926. The molecule has 1 aliphatic heterocycles. The van der Waals surface area contributed by atoms with Crippen molar-refractivity contribution in [3.8, 4) is 0 Å². The van der Waals surface area contributed by atoms with Gasteiger partial charge < -0.3 is 0 Å². The number of sulfonamides is 1. The van der Waals surface area contributed by atoms with Crippen LogP contribution in [-0.2, 0) is 10.0 Å². The van der Waals surface area contributed by atoms with Crippen molar-refractivity contribution in [3.05, 3.63) is 72.9 Å². The van der Waals surface area contributed by atoms with Crippen LogP contribution in [0.4, 0.5) is 11.4 Å². The molecule has 0 bridgehead atoms. The molecule has 2 amide bonds. The number of carbonyl (C=O) groups is 2. The van der Waals surface area contributed by atoms with E-state index in [0.29, 0.717) is 16.3 Å². The fraction of sp³-hybridized carbons (Fsp3) is 0.0526. The zero-order chi connectivity index (χ0) is 21.8. The largest absolute Gasteiger partial charge is 0.280 e. The highest BCUT2D eigenvalue weighted by molar-refractivity contribution is 7.93. The van der Waals surface area contributed by atoms with Gasteiger partial charge in [0.05, 0.1) is 21.2 Å². The summed E-state index contributed by atoms with van der Waals surface area (Å²) in [5.41, 5.74) is 1.59. The molecule has 2 heterocycles. The molecule has 0 aliphatic carbocycles. The average molecular weight is 502 g/mol. The van der Waals surface area contributed by atoms with Crippen molar-refractivity contribution in [2.45, 2.75) is 11.8 Å². The Morgan fingerprint density at radius 1 is 0.933 bits per heavy atom. The maximum Gasteiger partial charge on any atom is 0.266 e. The van der Waals surface area contributed by atoms with Crippen LogP contribution in [0.25, 0.3) is 0 Å². The molecular formula is C19H11Cl3N2O4S2. The summed E-state index contributed by atoms with van der Waals surface area (Å²) in [5.74, 6) is -0.962. The summed E-state index contributed by atoms with van der Waals surface area (Å²) in [6, 6.07) is 10.2. The Morgan fingerprint density at radius 3 is 2.27 bits per heavy atom. The van der Waals surface area contributed by atoms with Gasteiger partial charge in [0.1, 0.15) is 9.23 Å². The van der Waals surface area contributed by atoms with Gasteiger partial charge in [-0.2, -0.15) is 0 Å². The predicted molar refractivity (Wildman–Crippen MR) is 119 cm³/mol. The van der Waals surface area contributed by atoms with Crippen molar-refractivity contribution in [2.75, 3.05) is 9.62 Å². The maximum atomic E-state index is 12.8. The van der Waals surface area contributed by atoms with Crippen LogP contribution in [-0.4, -0.2) is 20.2 Å². The fourth-order valence-corrected chi connectivity index (χ4v) is 6.49. The van der Waals surface area contributed by atoms with E-state index in [9.17, 15) is 18.0 Å². The van der Waals surface area contributed by atoms with Gasteiger partial charge in [-0.1, -0.05) is 34.8 Å². The molecule has 1 N–H and O–H groups in total. The molecule has 30 heavy (non-hydrogen) atoms. The van der Waals surface area contributed by atoms with Gasteiger partial charge >= 0.3 is 0 Å². The Labute approximate surface area is 191 Å². The third-order valence-corrected chi connectivity index (χ3v) is 7.82. The van der Waals surface area contributed by atoms with E-state index >= 15 is 0 Å². The molecule has 0 unspecified atom stereocenters. The number of benzene rings is 2. The Hall–Kier alpha value is -2.10. The van der Waals surface area contributed by atoms with E-state index in [2.05, 4.69) is 4.72 Å². The van der Waals surface area contributed by atoms with Crippen LogP contribution in [0.5, 0.6) is 0 Å². The highest BCUT2D eigenvalue weighted by Gasteiger charge is 2.37. The lowest BCUT2D eigenvalue weighted by atomic mass is 10.1. The Morgan fingerprint density at radius 2 is 1.63 bits per heavy atom. The topological polar surface area (TPSA) is 83.6 Å². The van der Waals surface area contributed by atoms with Gasteiger partial charge in [-0.25, -0.2) is 13.3 Å². The molecule has 0 spiro atoms. The maximum absolute atomic E-state index is 12.8. The second-order valence-electron chi connectivity index (χ2n) is 6.43. The first-order valence-corrected chi connectivity index (χ1v) is 11.8. The first kappa shape index (κ1) is 21.1. The van der Waals surface area contributed by atoms with E-state index in [-0.39, 0.29) is 30.4 Å². The predicted octanol–water partition coefficient (Wildman–Crippen LogP) is 5.62. The molecule has 0 saturated heterocycles. The second-order valence-corrected chi connectivity index (χ2v) is 10.8. The minimum atomic E-state index is -3.96. The van der Waals surface area contributed by atoms with Gasteiger partial charge in [0.15, 0.2) is 0 Å². The van der Waals surface area contributed by atoms with Crippen molar-refractivity contribution in [1.82, 2.24) is 0 Å². The number of aryl methyl sites for hydroxylation is 1. The van der Waals surface area contributed by atoms with Crippen LogP contribution < -0.4 is 9.62 Å². The minimum absolute atomic E-state index is 0.0468. The van der Waals surface area contributed by atoms with Crippen molar-refractivity contribution in [1.29, 1.82) is 0 Å². The van der Waals surface area contributed by atoms with E-state index in [1.54, 1.807) is 13.0 Å². The number of nitrogens with one attached hydrogen (secondary N) is 1. The summed E-state index contributed by atoms with van der Waals surface area (Å²) >= 11 is 18.7. The molecule has 1 aromatic heterocycles. The number of fused-ring (bicyclic) bond motifs is 1. The molecule has 154 valence electrons. The van der Waals surface area contributed by atoms with Crippen LogP contribution in [0.1, 0.15) is 26.3 Å². The Bertz CT molecular complexity index is 1340. The van der Waals surface area contributed by atoms with E-state index in [1.165, 1.54) is 36.4 Å². The lowest BCUT2D eigenvalue weighted by Gasteiger charge is -2.18. The van der Waals surface area contributed by atoms with Crippen LogP contribution >= 0.6 is 46.1 Å². The van der Waals surface area contributed by atoms with Crippen LogP contribution in [0.3, 0.4) is 0 Å². The first-order chi connectivity index (χ1) is 14.1. The average Bonchev–Trinajstić information content (AvgIpc) is 3.12. The normalized spacial score (nSPS) is 13.7. The monoisotopic (exact) mass is 500 g/mol. The number of hydrogen-bond donors (Lipinski definition) is 1. The minimum Gasteiger partial charge on any atom is -0.280 e. The van der Waals surface area contributed by atoms with Gasteiger partial charge in [0.2, 0.25) is 0 Å². The van der Waals surface area contributed by atoms with Gasteiger partial charge in [0, 0.05) is 10.7 Å².